The summed E-state index contributed by atoms with van der Waals surface area (Å²) in [5, 5.41) is 28.7. The third kappa shape index (κ3) is 5.68. The molecule has 0 aliphatic rings. The van der Waals surface area contributed by atoms with E-state index in [4.69, 9.17) is 0 Å². The summed E-state index contributed by atoms with van der Waals surface area (Å²) in [4.78, 5) is 25.9. The second-order valence-electron chi connectivity index (χ2n) is 7.57. The van der Waals surface area contributed by atoms with Crippen molar-refractivity contribution < 1.29 is 28.6 Å². The average molecular weight is 503 g/mol. The molecule has 37 heavy (non-hydrogen) atoms. The van der Waals surface area contributed by atoms with Gasteiger partial charge in [0.05, 0.1) is 12.4 Å². The van der Waals surface area contributed by atoms with Gasteiger partial charge in [0.25, 0.3) is 11.8 Å². The molecule has 0 saturated heterocycles. The zero-order chi connectivity index (χ0) is 26.4. The lowest BCUT2D eigenvalue weighted by Crippen LogP contribution is -2.25. The molecule has 1 aromatic heterocycles. The summed E-state index contributed by atoms with van der Waals surface area (Å²) in [5.41, 5.74) is 4.76. The summed E-state index contributed by atoms with van der Waals surface area (Å²) >= 11 is 0. The first-order chi connectivity index (χ1) is 17.8. The topological polar surface area (TPSA) is 128 Å². The summed E-state index contributed by atoms with van der Waals surface area (Å²) in [7, 11) is 0. The van der Waals surface area contributed by atoms with Crippen molar-refractivity contribution in [3.63, 3.8) is 0 Å². The van der Waals surface area contributed by atoms with Crippen LogP contribution in [0, 0.1) is 11.6 Å². The molecule has 0 radical (unpaired) electrons. The molecule has 3 aromatic carbocycles. The van der Waals surface area contributed by atoms with Crippen LogP contribution in [0.2, 0.25) is 0 Å². The fourth-order valence-electron chi connectivity index (χ4n) is 3.34. The minimum Gasteiger partial charge on any atom is -0.503 e. The molecular weight excluding hydrogens is 484 g/mol. The van der Waals surface area contributed by atoms with E-state index in [0.717, 1.165) is 4.57 Å². The Morgan fingerprint density at radius 2 is 1.08 bits per heavy atom. The Hall–Kier alpha value is -5.32. The van der Waals surface area contributed by atoms with Crippen LogP contribution in [-0.4, -0.2) is 39.0 Å². The first-order valence-electron chi connectivity index (χ1n) is 10.7. The zero-order valence-electron chi connectivity index (χ0n) is 19.0. The molecule has 0 saturated carbocycles. The highest BCUT2D eigenvalue weighted by Gasteiger charge is 2.31. The number of aromatic nitrogens is 1. The van der Waals surface area contributed by atoms with Crippen molar-refractivity contribution in [1.82, 2.24) is 15.4 Å². The first-order valence-corrected chi connectivity index (χ1v) is 10.7. The SMILES string of the molecule is O=C(N/N=C/c1ccc(F)cc1)c1c(O)c(O)c(C(=O)N/N=C/c2ccc(F)cc2)n1-c1ccccc1. The van der Waals surface area contributed by atoms with E-state index in [2.05, 4.69) is 21.1 Å². The Morgan fingerprint density at radius 3 is 1.49 bits per heavy atom. The molecule has 1 heterocycles. The second-order valence-corrected chi connectivity index (χ2v) is 7.57. The molecule has 0 aliphatic heterocycles. The van der Waals surface area contributed by atoms with Gasteiger partial charge in [-0.25, -0.2) is 19.6 Å². The van der Waals surface area contributed by atoms with E-state index >= 15 is 0 Å². The standard InChI is InChI=1S/C26H19F2N5O4/c27-18-10-6-16(7-11-18)14-29-31-25(36)21-23(34)24(35)22(33(21)20-4-2-1-3-5-20)26(37)32-30-15-17-8-12-19(28)13-9-17/h1-15,34-35H,(H,31,36)(H,32,37)/b29-14+,30-15+. The van der Waals surface area contributed by atoms with Crippen LogP contribution < -0.4 is 10.9 Å². The van der Waals surface area contributed by atoms with Gasteiger partial charge >= 0.3 is 0 Å². The molecular formula is C26H19F2N5O4. The van der Waals surface area contributed by atoms with Gasteiger partial charge in [-0.3, -0.25) is 14.2 Å². The van der Waals surface area contributed by atoms with Crippen molar-refractivity contribution in [2.45, 2.75) is 0 Å². The molecule has 11 heteroatoms. The highest BCUT2D eigenvalue weighted by Crippen LogP contribution is 2.38. The fraction of sp³-hybridized carbons (Fsp3) is 0. The number of halogens is 2. The van der Waals surface area contributed by atoms with Gasteiger partial charge in [0.1, 0.15) is 11.6 Å². The van der Waals surface area contributed by atoms with Gasteiger partial charge in [0.2, 0.25) is 0 Å². The van der Waals surface area contributed by atoms with Crippen LogP contribution in [0.5, 0.6) is 11.5 Å². The minimum absolute atomic E-state index is 0.276. The van der Waals surface area contributed by atoms with E-state index in [1.54, 1.807) is 30.3 Å². The van der Waals surface area contributed by atoms with Gasteiger partial charge in [-0.2, -0.15) is 10.2 Å². The largest absolute Gasteiger partial charge is 0.503 e. The Kier molecular flexibility index (Phi) is 7.34. The quantitative estimate of drug-likeness (QED) is 0.227. The fourth-order valence-corrected chi connectivity index (χ4v) is 3.34. The van der Waals surface area contributed by atoms with Gasteiger partial charge in [-0.05, 0) is 47.5 Å². The molecule has 4 N–H and O–H groups in total. The molecule has 186 valence electrons. The van der Waals surface area contributed by atoms with Crippen LogP contribution in [0.15, 0.2) is 89.1 Å². The van der Waals surface area contributed by atoms with Crippen LogP contribution in [0.25, 0.3) is 5.69 Å². The maximum absolute atomic E-state index is 13.1. The summed E-state index contributed by atoms with van der Waals surface area (Å²) in [5.74, 6) is -4.46. The Bertz CT molecular complexity index is 1390. The number of benzene rings is 3. The van der Waals surface area contributed by atoms with Crippen molar-refractivity contribution in [1.29, 1.82) is 0 Å². The number of rotatable bonds is 7. The lowest BCUT2D eigenvalue weighted by atomic mass is 10.2. The molecule has 0 aliphatic carbocycles. The molecule has 4 aromatic rings. The van der Waals surface area contributed by atoms with Gasteiger partial charge in [-0.15, -0.1) is 0 Å². The van der Waals surface area contributed by atoms with Crippen molar-refractivity contribution >= 4 is 24.2 Å². The van der Waals surface area contributed by atoms with E-state index in [1.165, 1.54) is 61.0 Å². The zero-order valence-corrected chi connectivity index (χ0v) is 19.0. The number of carbonyl (C=O) groups is 2. The lowest BCUT2D eigenvalue weighted by Gasteiger charge is -2.11. The molecule has 0 fully saturated rings. The molecule has 2 amide bonds. The third-order valence-corrected chi connectivity index (χ3v) is 5.06. The number of para-hydroxylation sites is 1. The van der Waals surface area contributed by atoms with E-state index < -0.39 is 46.3 Å². The third-order valence-electron chi connectivity index (χ3n) is 5.06. The van der Waals surface area contributed by atoms with Crippen LogP contribution >= 0.6 is 0 Å². The highest BCUT2D eigenvalue weighted by atomic mass is 19.1. The number of hydrogen-bond acceptors (Lipinski definition) is 6. The maximum atomic E-state index is 13.1. The smallest absolute Gasteiger partial charge is 0.292 e. The highest BCUT2D eigenvalue weighted by molar-refractivity contribution is 6.04. The van der Waals surface area contributed by atoms with E-state index in [0.29, 0.717) is 11.1 Å². The van der Waals surface area contributed by atoms with Crippen molar-refractivity contribution in [2.75, 3.05) is 0 Å². The predicted molar refractivity (Wildman–Crippen MR) is 132 cm³/mol. The maximum Gasteiger partial charge on any atom is 0.292 e. The lowest BCUT2D eigenvalue weighted by molar-refractivity contribution is 0.0942. The summed E-state index contributed by atoms with van der Waals surface area (Å²) in [6, 6.07) is 18.7. The van der Waals surface area contributed by atoms with Gasteiger partial charge in [0.15, 0.2) is 22.9 Å². The van der Waals surface area contributed by atoms with Gasteiger partial charge in [-0.1, -0.05) is 42.5 Å². The molecule has 0 unspecified atom stereocenters. The van der Waals surface area contributed by atoms with Crippen LogP contribution in [-0.2, 0) is 0 Å². The number of amides is 2. The Morgan fingerprint density at radius 1 is 0.676 bits per heavy atom. The number of nitrogens with zero attached hydrogens (tertiary/aromatic N) is 3. The number of aromatic hydroxyl groups is 2. The number of hydrogen-bond donors (Lipinski definition) is 4. The minimum atomic E-state index is -0.941. The van der Waals surface area contributed by atoms with E-state index in [1.807, 2.05) is 0 Å². The molecule has 0 spiro atoms. The Balaban J connectivity index is 1.65. The van der Waals surface area contributed by atoms with Crippen LogP contribution in [0.4, 0.5) is 8.78 Å². The monoisotopic (exact) mass is 503 g/mol. The predicted octanol–water partition coefficient (Wildman–Crippen LogP) is 3.69. The number of carbonyl (C=O) groups excluding carboxylic acids is 2. The first kappa shape index (κ1) is 24.8. The molecule has 0 atom stereocenters. The number of hydrazone groups is 2. The van der Waals surface area contributed by atoms with Crippen LogP contribution in [0.3, 0.4) is 0 Å². The normalized spacial score (nSPS) is 11.2. The summed E-state index contributed by atoms with van der Waals surface area (Å²) < 4.78 is 27.2. The molecule has 4 rings (SSSR count). The second kappa shape index (κ2) is 11.0. The number of nitrogens with one attached hydrogen (secondary N) is 2. The van der Waals surface area contributed by atoms with Crippen molar-refractivity contribution in [2.24, 2.45) is 10.2 Å². The van der Waals surface area contributed by atoms with Gasteiger partial charge < -0.3 is 10.2 Å². The molecule has 0 bridgehead atoms. The summed E-state index contributed by atoms with van der Waals surface area (Å²) in [6.45, 7) is 0. The average Bonchev–Trinajstić information content (AvgIpc) is 3.17. The molecule has 9 nitrogen and oxygen atoms in total. The van der Waals surface area contributed by atoms with Gasteiger partial charge in [0, 0.05) is 5.69 Å². The van der Waals surface area contributed by atoms with Crippen LogP contribution in [0.1, 0.15) is 32.1 Å². The summed E-state index contributed by atoms with van der Waals surface area (Å²) in [6.07, 6.45) is 2.50. The van der Waals surface area contributed by atoms with E-state index in [-0.39, 0.29) is 5.69 Å². The van der Waals surface area contributed by atoms with E-state index in [9.17, 15) is 28.6 Å². The van der Waals surface area contributed by atoms with Crippen molar-refractivity contribution in [3.05, 3.63) is 113 Å². The van der Waals surface area contributed by atoms with Crippen molar-refractivity contribution in [3.8, 4) is 17.2 Å². The Labute approximate surface area is 209 Å².